The zero-order chi connectivity index (χ0) is 10.1. The number of fused-ring (bicyclic) bond motifs is 1. The van der Waals surface area contributed by atoms with Crippen molar-refractivity contribution in [2.24, 2.45) is 5.73 Å². The molecule has 2 rings (SSSR count). The van der Waals surface area contributed by atoms with Crippen LogP contribution in [0.4, 0.5) is 5.69 Å². The van der Waals surface area contributed by atoms with Crippen LogP contribution < -0.4 is 11.1 Å². The van der Waals surface area contributed by atoms with Crippen LogP contribution in [0.3, 0.4) is 0 Å². The first-order valence-corrected chi connectivity index (χ1v) is 4.53. The first-order chi connectivity index (χ1) is 6.68. The summed E-state index contributed by atoms with van der Waals surface area (Å²) in [5, 5.41) is 12.1. The molecule has 4 N–H and O–H groups in total. The molecule has 0 spiro atoms. The second kappa shape index (κ2) is 3.31. The Bertz CT molecular complexity index is 376. The third-order valence-corrected chi connectivity index (χ3v) is 2.43. The van der Waals surface area contributed by atoms with Crippen molar-refractivity contribution in [1.82, 2.24) is 0 Å². The van der Waals surface area contributed by atoms with Gasteiger partial charge in [0.2, 0.25) is 0 Å². The van der Waals surface area contributed by atoms with E-state index < -0.39 is 5.97 Å². The van der Waals surface area contributed by atoms with Crippen LogP contribution >= 0.6 is 0 Å². The maximum absolute atomic E-state index is 10.9. The molecule has 74 valence electrons. The smallest absolute Gasteiger partial charge is 0.336 e. The first kappa shape index (κ1) is 9.02. The van der Waals surface area contributed by atoms with Gasteiger partial charge in [0.1, 0.15) is 0 Å². The van der Waals surface area contributed by atoms with Crippen molar-refractivity contribution in [2.75, 3.05) is 11.9 Å². The molecule has 4 heteroatoms. The lowest BCUT2D eigenvalue weighted by molar-refractivity contribution is 0.0695. The molecule has 14 heavy (non-hydrogen) atoms. The number of hydrogen-bond donors (Lipinski definition) is 3. The number of nitrogens with two attached hydrogens (primary N) is 1. The molecule has 1 atom stereocenters. The standard InChI is InChI=1S/C10H12N2O2/c11-6-4-8-7(10(13)14)2-1-3-9(8)12-5-6/h1-3,6,12H,4-5,11H2,(H,13,14). The van der Waals surface area contributed by atoms with Gasteiger partial charge in [0.25, 0.3) is 0 Å². The highest BCUT2D eigenvalue weighted by Crippen LogP contribution is 2.24. The van der Waals surface area contributed by atoms with Crippen molar-refractivity contribution in [3.63, 3.8) is 0 Å². The lowest BCUT2D eigenvalue weighted by atomic mass is 9.95. The van der Waals surface area contributed by atoms with Gasteiger partial charge in [0.15, 0.2) is 0 Å². The summed E-state index contributed by atoms with van der Waals surface area (Å²) in [6.45, 7) is 0.704. The largest absolute Gasteiger partial charge is 0.478 e. The minimum absolute atomic E-state index is 0.00278. The van der Waals surface area contributed by atoms with Gasteiger partial charge in [0.05, 0.1) is 5.56 Å². The molecular weight excluding hydrogens is 180 g/mol. The molecule has 0 radical (unpaired) electrons. The quantitative estimate of drug-likeness (QED) is 0.611. The molecule has 1 unspecified atom stereocenters. The molecule has 0 amide bonds. The molecule has 0 saturated carbocycles. The first-order valence-electron chi connectivity index (χ1n) is 4.53. The van der Waals surface area contributed by atoms with Gasteiger partial charge >= 0.3 is 5.97 Å². The van der Waals surface area contributed by atoms with E-state index in [0.717, 1.165) is 11.3 Å². The van der Waals surface area contributed by atoms with Gasteiger partial charge in [-0.05, 0) is 24.1 Å². The van der Waals surface area contributed by atoms with E-state index in [0.29, 0.717) is 18.5 Å². The van der Waals surface area contributed by atoms with Gasteiger partial charge in [-0.1, -0.05) is 6.07 Å². The minimum atomic E-state index is -0.891. The average Bonchev–Trinajstić information content (AvgIpc) is 2.16. The SMILES string of the molecule is NC1CNc2cccc(C(=O)O)c2C1. The lowest BCUT2D eigenvalue weighted by Crippen LogP contribution is -2.36. The molecule has 0 aliphatic carbocycles. The van der Waals surface area contributed by atoms with Gasteiger partial charge in [0, 0.05) is 18.3 Å². The van der Waals surface area contributed by atoms with Crippen molar-refractivity contribution in [2.45, 2.75) is 12.5 Å². The molecule has 0 saturated heterocycles. The zero-order valence-electron chi connectivity index (χ0n) is 7.66. The Hall–Kier alpha value is -1.55. The molecule has 1 heterocycles. The number of benzene rings is 1. The van der Waals surface area contributed by atoms with Gasteiger partial charge in [-0.3, -0.25) is 0 Å². The number of carbonyl (C=O) groups is 1. The number of nitrogens with one attached hydrogen (secondary N) is 1. The van der Waals surface area contributed by atoms with Gasteiger partial charge in [-0.2, -0.15) is 0 Å². The van der Waals surface area contributed by atoms with Gasteiger partial charge in [-0.25, -0.2) is 4.79 Å². The Kier molecular flexibility index (Phi) is 2.13. The van der Waals surface area contributed by atoms with E-state index >= 15 is 0 Å². The Morgan fingerprint density at radius 3 is 3.07 bits per heavy atom. The highest BCUT2D eigenvalue weighted by molar-refractivity contribution is 5.91. The topological polar surface area (TPSA) is 75.3 Å². The fourth-order valence-corrected chi connectivity index (χ4v) is 1.75. The lowest BCUT2D eigenvalue weighted by Gasteiger charge is -2.24. The average molecular weight is 192 g/mol. The molecular formula is C10H12N2O2. The van der Waals surface area contributed by atoms with Crippen LogP contribution in [0.25, 0.3) is 0 Å². The van der Waals surface area contributed by atoms with E-state index in [1.807, 2.05) is 6.07 Å². The van der Waals surface area contributed by atoms with Crippen molar-refractivity contribution in [3.05, 3.63) is 29.3 Å². The number of carboxylic acids is 1. The minimum Gasteiger partial charge on any atom is -0.478 e. The number of hydrogen-bond acceptors (Lipinski definition) is 3. The van der Waals surface area contributed by atoms with Crippen LogP contribution in [0, 0.1) is 0 Å². The fraction of sp³-hybridized carbons (Fsp3) is 0.300. The van der Waals surface area contributed by atoms with Crippen LogP contribution in [0.5, 0.6) is 0 Å². The molecule has 1 aromatic rings. The van der Waals surface area contributed by atoms with Gasteiger partial charge < -0.3 is 16.2 Å². The van der Waals surface area contributed by atoms with Crippen LogP contribution in [0.15, 0.2) is 18.2 Å². The highest BCUT2D eigenvalue weighted by atomic mass is 16.4. The zero-order valence-corrected chi connectivity index (χ0v) is 7.66. The predicted octanol–water partition coefficient (Wildman–Crippen LogP) is 0.680. The van der Waals surface area contributed by atoms with Crippen molar-refractivity contribution in [3.8, 4) is 0 Å². The number of aromatic carboxylic acids is 1. The second-order valence-electron chi connectivity index (χ2n) is 3.48. The van der Waals surface area contributed by atoms with Crippen LogP contribution in [0.1, 0.15) is 15.9 Å². The Morgan fingerprint density at radius 2 is 2.36 bits per heavy atom. The summed E-state index contributed by atoms with van der Waals surface area (Å²) in [6, 6.07) is 5.24. The van der Waals surface area contributed by atoms with E-state index in [9.17, 15) is 4.79 Å². The number of rotatable bonds is 1. The predicted molar refractivity (Wildman–Crippen MR) is 53.6 cm³/mol. The van der Waals surface area contributed by atoms with Gasteiger partial charge in [-0.15, -0.1) is 0 Å². The molecule has 1 aliphatic heterocycles. The molecule has 4 nitrogen and oxygen atoms in total. The third-order valence-electron chi connectivity index (χ3n) is 2.43. The Morgan fingerprint density at radius 1 is 1.57 bits per heavy atom. The van der Waals surface area contributed by atoms with Crippen LogP contribution in [-0.4, -0.2) is 23.7 Å². The summed E-state index contributed by atoms with van der Waals surface area (Å²) in [6.07, 6.45) is 0.630. The van der Waals surface area contributed by atoms with E-state index in [2.05, 4.69) is 5.32 Å². The third kappa shape index (κ3) is 1.44. The van der Waals surface area contributed by atoms with E-state index in [-0.39, 0.29) is 6.04 Å². The van der Waals surface area contributed by atoms with Crippen molar-refractivity contribution < 1.29 is 9.90 Å². The second-order valence-corrected chi connectivity index (χ2v) is 3.48. The molecule has 0 aromatic heterocycles. The van der Waals surface area contributed by atoms with Crippen molar-refractivity contribution in [1.29, 1.82) is 0 Å². The van der Waals surface area contributed by atoms with Crippen LogP contribution in [0.2, 0.25) is 0 Å². The number of anilines is 1. The summed E-state index contributed by atoms with van der Waals surface area (Å²) in [5.74, 6) is -0.891. The summed E-state index contributed by atoms with van der Waals surface area (Å²) in [7, 11) is 0. The van der Waals surface area contributed by atoms with Crippen LogP contribution in [-0.2, 0) is 6.42 Å². The molecule has 0 bridgehead atoms. The highest BCUT2D eigenvalue weighted by Gasteiger charge is 2.20. The summed E-state index contributed by atoms with van der Waals surface area (Å²) >= 11 is 0. The maximum Gasteiger partial charge on any atom is 0.336 e. The molecule has 1 aromatic carbocycles. The monoisotopic (exact) mass is 192 g/mol. The molecule has 1 aliphatic rings. The fourth-order valence-electron chi connectivity index (χ4n) is 1.75. The Balaban J connectivity index is 2.48. The van der Waals surface area contributed by atoms with E-state index in [1.165, 1.54) is 0 Å². The van der Waals surface area contributed by atoms with E-state index in [4.69, 9.17) is 10.8 Å². The van der Waals surface area contributed by atoms with E-state index in [1.54, 1.807) is 12.1 Å². The van der Waals surface area contributed by atoms with Crippen molar-refractivity contribution >= 4 is 11.7 Å². The summed E-state index contributed by atoms with van der Waals surface area (Å²) in [4.78, 5) is 10.9. The molecule has 0 fully saturated rings. The number of carboxylic acid groups (broad SMARTS) is 1. The normalized spacial score (nSPS) is 19.6. The summed E-state index contributed by atoms with van der Waals surface area (Å²) < 4.78 is 0. The Labute approximate surface area is 81.7 Å². The summed E-state index contributed by atoms with van der Waals surface area (Å²) in [5.41, 5.74) is 7.83. The maximum atomic E-state index is 10.9.